The van der Waals surface area contributed by atoms with Gasteiger partial charge in [0.1, 0.15) is 10.6 Å². The molecule has 2 aliphatic rings. The summed E-state index contributed by atoms with van der Waals surface area (Å²) in [6.07, 6.45) is 4.27. The number of hydrogen-bond donors (Lipinski definition) is 2. The molecule has 0 spiro atoms. The average molecular weight is 388 g/mol. The number of piperidine rings is 1. The fraction of sp³-hybridized carbons (Fsp3) is 0.684. The lowest BCUT2D eigenvalue weighted by Gasteiger charge is -2.37. The molecule has 2 N–H and O–H groups in total. The number of rotatable bonds is 5. The van der Waals surface area contributed by atoms with Gasteiger partial charge >= 0.3 is 0 Å². The summed E-state index contributed by atoms with van der Waals surface area (Å²) in [4.78, 5) is 0. The summed E-state index contributed by atoms with van der Waals surface area (Å²) in [5, 5.41) is 3.56. The molecular weight excluding hydrogens is 361 g/mol. The predicted molar refractivity (Wildman–Crippen MR) is 97.5 cm³/mol. The van der Waals surface area contributed by atoms with E-state index in [2.05, 4.69) is 10.0 Å². The Kier molecular flexibility index (Phi) is 5.92. The van der Waals surface area contributed by atoms with Crippen molar-refractivity contribution in [3.05, 3.63) is 35.1 Å². The minimum Gasteiger partial charge on any atom is -0.598 e. The van der Waals surface area contributed by atoms with Gasteiger partial charge in [0.25, 0.3) is 0 Å². The SMILES string of the molecule is CC(C)(C)[S+]([O-])N[C@@H](Cc1cc(F)c(F)cc1F)[C@@H]1C[C@H]2CC[C@@H](C1)N2. The van der Waals surface area contributed by atoms with Crippen molar-refractivity contribution in [3.63, 3.8) is 0 Å². The van der Waals surface area contributed by atoms with Crippen molar-refractivity contribution in [1.29, 1.82) is 0 Å². The second-order valence-corrected chi connectivity index (χ2v) is 10.5. The van der Waals surface area contributed by atoms with Crippen molar-refractivity contribution < 1.29 is 17.7 Å². The van der Waals surface area contributed by atoms with Crippen molar-refractivity contribution in [2.45, 2.75) is 75.7 Å². The molecule has 3 rings (SSSR count). The van der Waals surface area contributed by atoms with E-state index in [1.807, 2.05) is 20.8 Å². The molecule has 146 valence electrons. The Balaban J connectivity index is 1.82. The molecule has 0 saturated carbocycles. The Morgan fingerprint density at radius 3 is 2.27 bits per heavy atom. The Morgan fingerprint density at radius 2 is 1.69 bits per heavy atom. The van der Waals surface area contributed by atoms with Crippen LogP contribution in [0.25, 0.3) is 0 Å². The van der Waals surface area contributed by atoms with Crippen LogP contribution >= 0.6 is 0 Å². The smallest absolute Gasteiger partial charge is 0.161 e. The van der Waals surface area contributed by atoms with Crippen LogP contribution in [0.15, 0.2) is 12.1 Å². The third-order valence-electron chi connectivity index (χ3n) is 5.42. The molecule has 0 aliphatic carbocycles. The summed E-state index contributed by atoms with van der Waals surface area (Å²) in [6, 6.07) is 2.13. The van der Waals surface area contributed by atoms with Crippen LogP contribution in [0.3, 0.4) is 0 Å². The van der Waals surface area contributed by atoms with Crippen LogP contribution in [0.2, 0.25) is 0 Å². The van der Waals surface area contributed by atoms with E-state index in [-0.39, 0.29) is 23.9 Å². The Hall–Kier alpha value is -0.760. The fourth-order valence-electron chi connectivity index (χ4n) is 4.01. The summed E-state index contributed by atoms with van der Waals surface area (Å²) < 4.78 is 56.4. The topological polar surface area (TPSA) is 47.1 Å². The van der Waals surface area contributed by atoms with E-state index >= 15 is 0 Å². The standard InChI is InChI=1S/C19H27F3N2OS/c1-19(2,3)26(25)24-18(12-6-13-4-5-14(7-12)23-13)9-11-8-16(21)17(22)10-15(11)20/h8,10,12-14,18,23-24H,4-7,9H2,1-3H3/t12-,13-,14+,18-,26?/m0/s1. The first-order valence-corrected chi connectivity index (χ1v) is 10.4. The first-order chi connectivity index (χ1) is 12.1. The van der Waals surface area contributed by atoms with Gasteiger partial charge in [-0.05, 0) is 70.4 Å². The van der Waals surface area contributed by atoms with Gasteiger partial charge in [0.15, 0.2) is 11.6 Å². The fourth-order valence-corrected chi connectivity index (χ4v) is 4.91. The summed E-state index contributed by atoms with van der Waals surface area (Å²) in [6.45, 7) is 5.62. The third kappa shape index (κ3) is 4.55. The van der Waals surface area contributed by atoms with Crippen molar-refractivity contribution in [1.82, 2.24) is 10.0 Å². The molecule has 3 nitrogen and oxygen atoms in total. The van der Waals surface area contributed by atoms with Gasteiger partial charge in [0, 0.05) is 29.5 Å². The molecule has 0 radical (unpaired) electrons. The second-order valence-electron chi connectivity index (χ2n) is 8.54. The lowest BCUT2D eigenvalue weighted by molar-refractivity contribution is 0.247. The van der Waals surface area contributed by atoms with E-state index in [0.29, 0.717) is 18.2 Å². The van der Waals surface area contributed by atoms with E-state index in [0.717, 1.165) is 31.7 Å². The molecular formula is C19H27F3N2OS. The molecule has 2 fully saturated rings. The molecule has 2 heterocycles. The normalized spacial score (nSPS) is 28.2. The van der Waals surface area contributed by atoms with Gasteiger partial charge in [-0.2, -0.15) is 0 Å². The zero-order valence-electron chi connectivity index (χ0n) is 15.5. The largest absolute Gasteiger partial charge is 0.598 e. The van der Waals surface area contributed by atoms with Crippen molar-refractivity contribution in [2.24, 2.45) is 5.92 Å². The number of fused-ring (bicyclic) bond motifs is 2. The molecule has 26 heavy (non-hydrogen) atoms. The number of benzene rings is 1. The predicted octanol–water partition coefficient (Wildman–Crippen LogP) is 3.60. The Morgan fingerprint density at radius 1 is 1.12 bits per heavy atom. The quantitative estimate of drug-likeness (QED) is 0.599. The maximum atomic E-state index is 14.2. The molecule has 0 amide bonds. The number of hydrogen-bond acceptors (Lipinski definition) is 3. The van der Waals surface area contributed by atoms with E-state index < -0.39 is 33.6 Å². The number of nitrogens with one attached hydrogen (secondary N) is 2. The van der Waals surface area contributed by atoms with Gasteiger partial charge in [0.2, 0.25) is 0 Å². The van der Waals surface area contributed by atoms with E-state index in [1.165, 1.54) is 0 Å². The van der Waals surface area contributed by atoms with E-state index in [9.17, 15) is 17.7 Å². The molecule has 1 unspecified atom stereocenters. The molecule has 1 aromatic rings. The maximum absolute atomic E-state index is 14.2. The van der Waals surface area contributed by atoms with Gasteiger partial charge in [-0.25, -0.2) is 13.2 Å². The van der Waals surface area contributed by atoms with Crippen LogP contribution in [0.4, 0.5) is 13.2 Å². The molecule has 2 saturated heterocycles. The maximum Gasteiger partial charge on any atom is 0.161 e. The van der Waals surface area contributed by atoms with Gasteiger partial charge in [-0.15, -0.1) is 4.72 Å². The van der Waals surface area contributed by atoms with Gasteiger partial charge in [-0.3, -0.25) is 0 Å². The molecule has 2 aliphatic heterocycles. The van der Waals surface area contributed by atoms with Gasteiger partial charge in [-0.1, -0.05) is 0 Å². The average Bonchev–Trinajstić information content (AvgIpc) is 2.88. The van der Waals surface area contributed by atoms with Crippen LogP contribution < -0.4 is 10.0 Å². The van der Waals surface area contributed by atoms with Gasteiger partial charge in [0.05, 0.1) is 6.04 Å². The molecule has 0 aromatic heterocycles. The van der Waals surface area contributed by atoms with Crippen molar-refractivity contribution in [2.75, 3.05) is 0 Å². The minimum atomic E-state index is -1.32. The summed E-state index contributed by atoms with van der Waals surface area (Å²) >= 11 is -1.32. The highest BCUT2D eigenvalue weighted by Crippen LogP contribution is 2.34. The van der Waals surface area contributed by atoms with Crippen LogP contribution in [-0.4, -0.2) is 27.4 Å². The van der Waals surface area contributed by atoms with Crippen LogP contribution in [0.1, 0.15) is 52.0 Å². The highest BCUT2D eigenvalue weighted by Gasteiger charge is 2.40. The first kappa shape index (κ1) is 20.0. The third-order valence-corrected chi connectivity index (χ3v) is 7.05. The monoisotopic (exact) mass is 388 g/mol. The van der Waals surface area contributed by atoms with Gasteiger partial charge < -0.3 is 9.87 Å². The van der Waals surface area contributed by atoms with Crippen molar-refractivity contribution >= 4 is 11.4 Å². The molecule has 1 aromatic carbocycles. The highest BCUT2D eigenvalue weighted by molar-refractivity contribution is 7.90. The summed E-state index contributed by atoms with van der Waals surface area (Å²) in [5.74, 6) is -2.78. The van der Waals surface area contributed by atoms with E-state index in [4.69, 9.17) is 0 Å². The zero-order valence-corrected chi connectivity index (χ0v) is 16.3. The first-order valence-electron chi connectivity index (χ1n) is 9.21. The highest BCUT2D eigenvalue weighted by atomic mass is 32.2. The zero-order chi connectivity index (χ0) is 19.1. The van der Waals surface area contributed by atoms with E-state index in [1.54, 1.807) is 0 Å². The van der Waals surface area contributed by atoms with Crippen LogP contribution in [0, 0.1) is 23.4 Å². The van der Waals surface area contributed by atoms with Crippen molar-refractivity contribution in [3.8, 4) is 0 Å². The lowest BCUT2D eigenvalue weighted by Crippen LogP contribution is -2.52. The second kappa shape index (κ2) is 7.70. The Labute approximate surface area is 156 Å². The molecule has 5 atom stereocenters. The minimum absolute atomic E-state index is 0.123. The van der Waals surface area contributed by atoms with Crippen LogP contribution in [-0.2, 0) is 17.8 Å². The molecule has 7 heteroatoms. The Bertz CT molecular complexity index is 640. The summed E-state index contributed by atoms with van der Waals surface area (Å²) in [7, 11) is 0. The van der Waals surface area contributed by atoms with Crippen LogP contribution in [0.5, 0.6) is 0 Å². The molecule has 2 bridgehead atoms. The number of halogens is 3. The summed E-state index contributed by atoms with van der Waals surface area (Å²) in [5.41, 5.74) is 0.123. The lowest BCUT2D eigenvalue weighted by atomic mass is 9.83.